The van der Waals surface area contributed by atoms with Crippen molar-refractivity contribution in [1.82, 2.24) is 15.1 Å². The molecule has 1 fully saturated rings. The highest BCUT2D eigenvalue weighted by Crippen LogP contribution is 2.41. The van der Waals surface area contributed by atoms with Gasteiger partial charge in [-0.3, -0.25) is 9.48 Å². The number of carbonyl (C=O) groups excluding carboxylic acids is 1. The molecule has 1 N–H and O–H groups in total. The second-order valence-electron chi connectivity index (χ2n) is 8.62. The number of amides is 1. The minimum absolute atomic E-state index is 0.0806. The predicted molar refractivity (Wildman–Crippen MR) is 120 cm³/mol. The van der Waals surface area contributed by atoms with Crippen LogP contribution < -0.4 is 5.32 Å². The number of thiophene rings is 1. The zero-order valence-corrected chi connectivity index (χ0v) is 18.6. The number of aliphatic imine (C=N–C) groups is 1. The van der Waals surface area contributed by atoms with Crippen LogP contribution in [-0.2, 0) is 19.4 Å². The Morgan fingerprint density at radius 2 is 2.14 bits per heavy atom. The van der Waals surface area contributed by atoms with Gasteiger partial charge in [-0.05, 0) is 57.4 Å². The minimum atomic E-state index is 0.0806. The Morgan fingerprint density at radius 3 is 2.86 bits per heavy atom. The van der Waals surface area contributed by atoms with Gasteiger partial charge in [-0.1, -0.05) is 26.2 Å². The molecule has 0 aromatic carbocycles. The van der Waals surface area contributed by atoms with Crippen molar-refractivity contribution < 1.29 is 4.79 Å². The van der Waals surface area contributed by atoms with E-state index in [4.69, 9.17) is 4.99 Å². The number of hydrogen-bond donors (Lipinski definition) is 1. The lowest BCUT2D eigenvalue weighted by molar-refractivity contribution is 0.0927. The van der Waals surface area contributed by atoms with E-state index in [0.717, 1.165) is 60.5 Å². The lowest BCUT2D eigenvalue weighted by atomic mass is 9.88. The topological polar surface area (TPSA) is 59.3 Å². The SMILES string of the molecule is CCn1cc(C=Nc2sc3c(c2C(=O)NC2CCCCC2)CCC(C)C3)c(C)n1. The molecule has 1 amide bonds. The third kappa shape index (κ3) is 4.47. The Balaban J connectivity index is 1.64. The van der Waals surface area contributed by atoms with Gasteiger partial charge in [0.15, 0.2) is 0 Å². The second kappa shape index (κ2) is 8.82. The molecule has 4 rings (SSSR count). The standard InChI is InChI=1S/C23H32N4OS/c1-4-27-14-17(16(3)26-27)13-24-23-21(19-11-10-15(2)12-20(19)29-23)22(28)25-18-8-6-5-7-9-18/h13-15,18H,4-12H2,1-3H3,(H,25,28). The minimum Gasteiger partial charge on any atom is -0.349 e. The van der Waals surface area contributed by atoms with E-state index in [2.05, 4.69) is 24.3 Å². The summed E-state index contributed by atoms with van der Waals surface area (Å²) in [6.45, 7) is 7.23. The number of carbonyl (C=O) groups is 1. The molecule has 1 unspecified atom stereocenters. The normalized spacial score (nSPS) is 20.2. The van der Waals surface area contributed by atoms with Crippen molar-refractivity contribution in [2.75, 3.05) is 0 Å². The summed E-state index contributed by atoms with van der Waals surface area (Å²) < 4.78 is 1.93. The van der Waals surface area contributed by atoms with Crippen LogP contribution in [0, 0.1) is 12.8 Å². The largest absolute Gasteiger partial charge is 0.349 e. The van der Waals surface area contributed by atoms with Gasteiger partial charge in [0.1, 0.15) is 5.00 Å². The summed E-state index contributed by atoms with van der Waals surface area (Å²) in [5.41, 5.74) is 4.07. The average molecular weight is 413 g/mol. The lowest BCUT2D eigenvalue weighted by Gasteiger charge is -2.23. The molecule has 2 aromatic rings. The first kappa shape index (κ1) is 20.3. The Labute approximate surface area is 177 Å². The molecule has 1 atom stereocenters. The first-order valence-corrected chi connectivity index (χ1v) is 11.9. The molecule has 0 saturated heterocycles. The maximum atomic E-state index is 13.3. The van der Waals surface area contributed by atoms with E-state index >= 15 is 0 Å². The highest BCUT2D eigenvalue weighted by Gasteiger charge is 2.28. The van der Waals surface area contributed by atoms with Crippen LogP contribution in [0.15, 0.2) is 11.2 Å². The molecule has 0 radical (unpaired) electrons. The first-order valence-electron chi connectivity index (χ1n) is 11.1. The van der Waals surface area contributed by atoms with Crippen LogP contribution in [0.4, 0.5) is 5.00 Å². The number of nitrogens with zero attached hydrogens (tertiary/aromatic N) is 3. The number of rotatable bonds is 5. The molecule has 156 valence electrons. The number of aryl methyl sites for hydroxylation is 2. The van der Waals surface area contributed by atoms with Crippen molar-refractivity contribution in [3.8, 4) is 0 Å². The predicted octanol–water partition coefficient (Wildman–Crippen LogP) is 5.21. The molecule has 0 aliphatic heterocycles. The van der Waals surface area contributed by atoms with Crippen LogP contribution in [0.3, 0.4) is 0 Å². The molecule has 5 nitrogen and oxygen atoms in total. The summed E-state index contributed by atoms with van der Waals surface area (Å²) in [6, 6.07) is 0.316. The van der Waals surface area contributed by atoms with Crippen LogP contribution >= 0.6 is 11.3 Å². The Kier molecular flexibility index (Phi) is 6.18. The van der Waals surface area contributed by atoms with E-state index in [1.54, 1.807) is 11.3 Å². The van der Waals surface area contributed by atoms with Crippen LogP contribution in [-0.4, -0.2) is 27.9 Å². The van der Waals surface area contributed by atoms with Gasteiger partial charge in [0.25, 0.3) is 5.91 Å². The van der Waals surface area contributed by atoms with Crippen molar-refractivity contribution in [2.24, 2.45) is 10.9 Å². The Hall–Kier alpha value is -1.95. The lowest BCUT2D eigenvalue weighted by Crippen LogP contribution is -2.36. The smallest absolute Gasteiger partial charge is 0.254 e. The zero-order valence-electron chi connectivity index (χ0n) is 17.8. The Morgan fingerprint density at radius 1 is 1.34 bits per heavy atom. The highest BCUT2D eigenvalue weighted by molar-refractivity contribution is 7.16. The van der Waals surface area contributed by atoms with Gasteiger partial charge in [-0.2, -0.15) is 5.10 Å². The fourth-order valence-electron chi connectivity index (χ4n) is 4.52. The van der Waals surface area contributed by atoms with Crippen molar-refractivity contribution in [1.29, 1.82) is 0 Å². The fraction of sp³-hybridized carbons (Fsp3) is 0.609. The Bertz CT molecular complexity index is 904. The van der Waals surface area contributed by atoms with Gasteiger partial charge in [0.2, 0.25) is 0 Å². The van der Waals surface area contributed by atoms with Gasteiger partial charge in [0.05, 0.1) is 11.3 Å². The molecular weight excluding hydrogens is 380 g/mol. The average Bonchev–Trinajstić information content (AvgIpc) is 3.26. The summed E-state index contributed by atoms with van der Waals surface area (Å²) in [5, 5.41) is 8.69. The highest BCUT2D eigenvalue weighted by atomic mass is 32.1. The molecule has 6 heteroatoms. The first-order chi connectivity index (χ1) is 14.0. The van der Waals surface area contributed by atoms with Gasteiger partial charge in [0, 0.05) is 35.4 Å². The second-order valence-corrected chi connectivity index (χ2v) is 9.71. The molecule has 2 aromatic heterocycles. The summed E-state index contributed by atoms with van der Waals surface area (Å²) in [6.07, 6.45) is 13.0. The maximum Gasteiger partial charge on any atom is 0.254 e. The summed E-state index contributed by atoms with van der Waals surface area (Å²) in [4.78, 5) is 19.4. The molecule has 0 bridgehead atoms. The molecule has 1 saturated carbocycles. The zero-order chi connectivity index (χ0) is 20.4. The van der Waals surface area contributed by atoms with E-state index in [1.165, 1.54) is 29.7 Å². The van der Waals surface area contributed by atoms with Crippen molar-refractivity contribution in [3.05, 3.63) is 33.5 Å². The van der Waals surface area contributed by atoms with Crippen LogP contribution in [0.25, 0.3) is 0 Å². The van der Waals surface area contributed by atoms with E-state index in [-0.39, 0.29) is 5.91 Å². The molecule has 2 aliphatic carbocycles. The maximum absolute atomic E-state index is 13.3. The van der Waals surface area contributed by atoms with Gasteiger partial charge < -0.3 is 5.32 Å². The molecule has 2 aliphatic rings. The van der Waals surface area contributed by atoms with Crippen molar-refractivity contribution >= 4 is 28.5 Å². The van der Waals surface area contributed by atoms with Crippen LogP contribution in [0.1, 0.15) is 84.4 Å². The molecule has 29 heavy (non-hydrogen) atoms. The van der Waals surface area contributed by atoms with E-state index in [0.29, 0.717) is 12.0 Å². The number of fused-ring (bicyclic) bond motifs is 1. The summed E-state index contributed by atoms with van der Waals surface area (Å²) in [5.74, 6) is 0.759. The van der Waals surface area contributed by atoms with Gasteiger partial charge >= 0.3 is 0 Å². The molecule has 0 spiro atoms. The molecular formula is C23H32N4OS. The third-order valence-electron chi connectivity index (χ3n) is 6.29. The molecule has 2 heterocycles. The van der Waals surface area contributed by atoms with E-state index in [1.807, 2.05) is 24.0 Å². The fourth-order valence-corrected chi connectivity index (χ4v) is 5.87. The number of hydrogen-bond acceptors (Lipinski definition) is 4. The van der Waals surface area contributed by atoms with Crippen molar-refractivity contribution in [3.63, 3.8) is 0 Å². The number of nitrogens with one attached hydrogen (secondary N) is 1. The monoisotopic (exact) mass is 412 g/mol. The quantitative estimate of drug-likeness (QED) is 0.685. The summed E-state index contributed by atoms with van der Waals surface area (Å²) in [7, 11) is 0. The third-order valence-corrected chi connectivity index (χ3v) is 7.45. The van der Waals surface area contributed by atoms with E-state index in [9.17, 15) is 4.79 Å². The van der Waals surface area contributed by atoms with E-state index < -0.39 is 0 Å². The van der Waals surface area contributed by atoms with Crippen molar-refractivity contribution in [2.45, 2.75) is 84.7 Å². The van der Waals surface area contributed by atoms with Gasteiger partial charge in [-0.15, -0.1) is 11.3 Å². The van der Waals surface area contributed by atoms with Crippen LogP contribution in [0.2, 0.25) is 0 Å². The van der Waals surface area contributed by atoms with Crippen LogP contribution in [0.5, 0.6) is 0 Å². The summed E-state index contributed by atoms with van der Waals surface area (Å²) >= 11 is 1.71. The van der Waals surface area contributed by atoms with Gasteiger partial charge in [-0.25, -0.2) is 4.99 Å². The number of aromatic nitrogens is 2.